The molecule has 0 radical (unpaired) electrons. The lowest BCUT2D eigenvalue weighted by atomic mass is 10.2. The van der Waals surface area contributed by atoms with E-state index in [1.165, 1.54) is 26.2 Å². The van der Waals surface area contributed by atoms with Gasteiger partial charge in [-0.3, -0.25) is 4.79 Å². The zero-order valence-electron chi connectivity index (χ0n) is 16.7. The standard InChI is InChI=1S/C19H23N5O4S/c1-14(19(25)23(4)13-15-8-6-5-7-9-15)28-24-18-12-16(29(26,27)22(2)3)10-11-17(18)20-21-24/h5-12,14H,13H2,1-4H3/t14-/m0/s1. The molecule has 3 rings (SSSR count). The first-order chi connectivity index (χ1) is 13.7. The second kappa shape index (κ2) is 8.18. The van der Waals surface area contributed by atoms with Gasteiger partial charge in [0.2, 0.25) is 16.1 Å². The van der Waals surface area contributed by atoms with Crippen molar-refractivity contribution in [3.05, 3.63) is 54.1 Å². The summed E-state index contributed by atoms with van der Waals surface area (Å²) in [5, 5.41) is 7.86. The Kier molecular flexibility index (Phi) is 5.85. The number of aromatic nitrogens is 3. The van der Waals surface area contributed by atoms with Gasteiger partial charge in [0.15, 0.2) is 0 Å². The van der Waals surface area contributed by atoms with Gasteiger partial charge in [0.25, 0.3) is 5.91 Å². The second-order valence-corrected chi connectivity index (χ2v) is 8.98. The highest BCUT2D eigenvalue weighted by atomic mass is 32.2. The third kappa shape index (κ3) is 4.38. The van der Waals surface area contributed by atoms with Crippen molar-refractivity contribution in [2.24, 2.45) is 0 Å². The molecule has 1 heterocycles. The number of nitrogens with zero attached hydrogens (tertiary/aromatic N) is 5. The number of carbonyl (C=O) groups is 1. The summed E-state index contributed by atoms with van der Waals surface area (Å²) >= 11 is 0. The van der Waals surface area contributed by atoms with E-state index in [1.54, 1.807) is 24.9 Å². The summed E-state index contributed by atoms with van der Waals surface area (Å²) in [6.07, 6.45) is -0.845. The molecule has 1 aromatic heterocycles. The fraction of sp³-hybridized carbons (Fsp3) is 0.316. The van der Waals surface area contributed by atoms with Gasteiger partial charge in [-0.15, -0.1) is 5.10 Å². The Hall–Kier alpha value is -2.98. The Balaban J connectivity index is 1.79. The van der Waals surface area contributed by atoms with Crippen LogP contribution in [0.4, 0.5) is 0 Å². The Morgan fingerprint density at radius 3 is 2.48 bits per heavy atom. The van der Waals surface area contributed by atoms with Crippen LogP contribution in [0.1, 0.15) is 12.5 Å². The van der Waals surface area contributed by atoms with Crippen LogP contribution in [0.25, 0.3) is 11.0 Å². The van der Waals surface area contributed by atoms with Crippen molar-refractivity contribution in [3.8, 4) is 0 Å². The minimum absolute atomic E-state index is 0.0855. The van der Waals surface area contributed by atoms with Crippen LogP contribution in [0.15, 0.2) is 53.4 Å². The van der Waals surface area contributed by atoms with Crippen molar-refractivity contribution in [2.75, 3.05) is 21.1 Å². The maximum Gasteiger partial charge on any atom is 0.266 e. The van der Waals surface area contributed by atoms with Crippen LogP contribution < -0.4 is 4.84 Å². The smallest absolute Gasteiger partial charge is 0.266 e. The molecule has 0 fully saturated rings. The fourth-order valence-corrected chi connectivity index (χ4v) is 3.69. The molecule has 0 aliphatic heterocycles. The summed E-state index contributed by atoms with van der Waals surface area (Å²) in [4.78, 5) is 21.1. The zero-order valence-corrected chi connectivity index (χ0v) is 17.5. The Bertz CT molecular complexity index is 1110. The summed E-state index contributed by atoms with van der Waals surface area (Å²) in [5.41, 5.74) is 1.82. The molecule has 1 atom stereocenters. The first-order valence-electron chi connectivity index (χ1n) is 8.94. The molecule has 9 nitrogen and oxygen atoms in total. The SMILES string of the molecule is C[C@H](On1nnc2ccc(S(=O)(=O)N(C)C)cc21)C(=O)N(C)Cc1ccccc1. The molecule has 0 aliphatic rings. The number of carbonyl (C=O) groups excluding carboxylic acids is 1. The number of rotatable bonds is 7. The van der Waals surface area contributed by atoms with Gasteiger partial charge in [-0.1, -0.05) is 35.2 Å². The van der Waals surface area contributed by atoms with Gasteiger partial charge in [0, 0.05) is 27.7 Å². The Morgan fingerprint density at radius 1 is 1.14 bits per heavy atom. The average Bonchev–Trinajstić information content (AvgIpc) is 3.10. The predicted octanol–water partition coefficient (Wildman–Crippen LogP) is 1.16. The topological polar surface area (TPSA) is 97.6 Å². The van der Waals surface area contributed by atoms with Crippen LogP contribution in [-0.2, 0) is 21.4 Å². The largest absolute Gasteiger partial charge is 0.382 e. The van der Waals surface area contributed by atoms with Gasteiger partial charge in [-0.25, -0.2) is 12.7 Å². The first-order valence-corrected chi connectivity index (χ1v) is 10.4. The molecule has 0 aliphatic carbocycles. The monoisotopic (exact) mass is 417 g/mol. The lowest BCUT2D eigenvalue weighted by Crippen LogP contribution is -2.40. The summed E-state index contributed by atoms with van der Waals surface area (Å²) < 4.78 is 25.9. The molecule has 0 unspecified atom stereocenters. The lowest BCUT2D eigenvalue weighted by molar-refractivity contribution is -0.142. The van der Waals surface area contributed by atoms with E-state index in [-0.39, 0.29) is 10.8 Å². The van der Waals surface area contributed by atoms with Crippen molar-refractivity contribution < 1.29 is 18.0 Å². The van der Waals surface area contributed by atoms with Crippen molar-refractivity contribution in [2.45, 2.75) is 24.5 Å². The maximum atomic E-state index is 12.7. The van der Waals surface area contributed by atoms with E-state index < -0.39 is 16.1 Å². The van der Waals surface area contributed by atoms with Gasteiger partial charge in [0.05, 0.1) is 4.90 Å². The van der Waals surface area contributed by atoms with Crippen molar-refractivity contribution in [1.82, 2.24) is 24.4 Å². The van der Waals surface area contributed by atoms with E-state index in [1.807, 2.05) is 30.3 Å². The first kappa shape index (κ1) is 20.7. The molecule has 2 aromatic carbocycles. The molecule has 154 valence electrons. The second-order valence-electron chi connectivity index (χ2n) is 6.83. The number of hydrogen-bond donors (Lipinski definition) is 0. The predicted molar refractivity (Wildman–Crippen MR) is 107 cm³/mol. The fourth-order valence-electron chi connectivity index (χ4n) is 2.77. The molecule has 0 spiro atoms. The lowest BCUT2D eigenvalue weighted by Gasteiger charge is -2.21. The zero-order chi connectivity index (χ0) is 21.2. The molecular formula is C19H23N5O4S. The van der Waals surface area contributed by atoms with Gasteiger partial charge in [-0.2, -0.15) is 0 Å². The number of hydrogen-bond acceptors (Lipinski definition) is 6. The van der Waals surface area contributed by atoms with Crippen LogP contribution in [-0.4, -0.2) is 65.9 Å². The molecule has 0 saturated carbocycles. The van der Waals surface area contributed by atoms with Crippen LogP contribution in [0, 0.1) is 0 Å². The quantitative estimate of drug-likeness (QED) is 0.572. The molecule has 1 amide bonds. The third-order valence-electron chi connectivity index (χ3n) is 4.41. The molecule has 3 aromatic rings. The van der Waals surface area contributed by atoms with E-state index in [0.717, 1.165) is 14.7 Å². The normalized spacial score (nSPS) is 12.9. The van der Waals surface area contributed by atoms with Crippen LogP contribution in [0.2, 0.25) is 0 Å². The van der Waals surface area contributed by atoms with Gasteiger partial charge in [-0.05, 0) is 35.9 Å². The molecular weight excluding hydrogens is 394 g/mol. The van der Waals surface area contributed by atoms with Crippen LogP contribution in [0.5, 0.6) is 0 Å². The van der Waals surface area contributed by atoms with Gasteiger partial charge >= 0.3 is 0 Å². The molecule has 0 N–H and O–H groups in total. The number of benzene rings is 2. The minimum Gasteiger partial charge on any atom is -0.382 e. The number of likely N-dealkylation sites (N-methyl/N-ethyl adjacent to an activating group) is 1. The van der Waals surface area contributed by atoms with Crippen LogP contribution >= 0.6 is 0 Å². The number of sulfonamides is 1. The summed E-state index contributed by atoms with van der Waals surface area (Å²) in [5.74, 6) is -0.241. The van der Waals surface area contributed by atoms with E-state index in [2.05, 4.69) is 10.3 Å². The summed E-state index contributed by atoms with van der Waals surface area (Å²) in [7, 11) is 0.975. The highest BCUT2D eigenvalue weighted by Gasteiger charge is 2.23. The van der Waals surface area contributed by atoms with Crippen molar-refractivity contribution >= 4 is 27.0 Å². The Labute approximate surface area is 169 Å². The molecule has 10 heteroatoms. The average molecular weight is 417 g/mol. The summed E-state index contributed by atoms with van der Waals surface area (Å²) in [6.45, 7) is 2.05. The van der Waals surface area contributed by atoms with Crippen LogP contribution in [0.3, 0.4) is 0 Å². The highest BCUT2D eigenvalue weighted by molar-refractivity contribution is 7.89. The maximum absolute atomic E-state index is 12.7. The molecule has 0 saturated heterocycles. The number of amides is 1. The van der Waals surface area contributed by atoms with Crippen molar-refractivity contribution in [1.29, 1.82) is 0 Å². The van der Waals surface area contributed by atoms with Gasteiger partial charge < -0.3 is 9.74 Å². The van der Waals surface area contributed by atoms with E-state index in [9.17, 15) is 13.2 Å². The third-order valence-corrected chi connectivity index (χ3v) is 6.22. The van der Waals surface area contributed by atoms with E-state index in [0.29, 0.717) is 17.6 Å². The molecule has 0 bridgehead atoms. The molecule has 29 heavy (non-hydrogen) atoms. The van der Waals surface area contributed by atoms with Gasteiger partial charge in [0.1, 0.15) is 11.0 Å². The van der Waals surface area contributed by atoms with Crippen molar-refractivity contribution in [3.63, 3.8) is 0 Å². The highest BCUT2D eigenvalue weighted by Crippen LogP contribution is 2.19. The van der Waals surface area contributed by atoms with E-state index >= 15 is 0 Å². The minimum atomic E-state index is -3.62. The van der Waals surface area contributed by atoms with E-state index in [4.69, 9.17) is 4.84 Å². The summed E-state index contributed by atoms with van der Waals surface area (Å²) in [6, 6.07) is 14.0. The Morgan fingerprint density at radius 2 is 1.83 bits per heavy atom. The number of fused-ring (bicyclic) bond motifs is 1.